The van der Waals surface area contributed by atoms with Crippen molar-refractivity contribution in [3.05, 3.63) is 53.1 Å². The van der Waals surface area contributed by atoms with Gasteiger partial charge in [0.15, 0.2) is 5.58 Å². The number of aromatic nitrogens is 1. The molecule has 1 N–H and O–H groups in total. The maximum atomic E-state index is 13.0. The third kappa shape index (κ3) is 3.68. The SMILES string of the molecule is CC1CN(C(=O)c2ccc(-c3nc4ccc(Cl)cc4o3)cc2)CCN1C(=O)C1(O)CC1. The van der Waals surface area contributed by atoms with Crippen LogP contribution < -0.4 is 0 Å². The summed E-state index contributed by atoms with van der Waals surface area (Å²) in [5.74, 6) is 0.172. The molecule has 3 aromatic rings. The molecule has 8 heteroatoms. The molecule has 2 heterocycles. The minimum atomic E-state index is -1.17. The van der Waals surface area contributed by atoms with Crippen molar-refractivity contribution < 1.29 is 19.1 Å². The highest BCUT2D eigenvalue weighted by Gasteiger charge is 2.51. The molecule has 160 valence electrons. The van der Waals surface area contributed by atoms with Crippen LogP contribution >= 0.6 is 11.6 Å². The number of amides is 2. The Labute approximate surface area is 184 Å². The van der Waals surface area contributed by atoms with Gasteiger partial charge in [-0.05, 0) is 56.2 Å². The van der Waals surface area contributed by atoms with Crippen LogP contribution in [0.5, 0.6) is 0 Å². The molecule has 1 aromatic heterocycles. The lowest BCUT2D eigenvalue weighted by Crippen LogP contribution is -2.57. The van der Waals surface area contributed by atoms with Gasteiger partial charge >= 0.3 is 0 Å². The van der Waals surface area contributed by atoms with E-state index in [1.165, 1.54) is 0 Å². The van der Waals surface area contributed by atoms with Gasteiger partial charge in [0.1, 0.15) is 11.1 Å². The lowest BCUT2D eigenvalue weighted by molar-refractivity contribution is -0.146. The van der Waals surface area contributed by atoms with Crippen LogP contribution in [-0.2, 0) is 4.79 Å². The van der Waals surface area contributed by atoms with Crippen molar-refractivity contribution in [3.8, 4) is 11.5 Å². The molecule has 1 saturated heterocycles. The van der Waals surface area contributed by atoms with Crippen LogP contribution in [0.4, 0.5) is 0 Å². The second kappa shape index (κ2) is 7.35. The van der Waals surface area contributed by atoms with Crippen molar-refractivity contribution in [2.45, 2.75) is 31.4 Å². The molecular weight excluding hydrogens is 418 g/mol. The summed E-state index contributed by atoms with van der Waals surface area (Å²) in [5.41, 5.74) is 1.49. The van der Waals surface area contributed by atoms with Crippen LogP contribution in [0.3, 0.4) is 0 Å². The molecule has 0 radical (unpaired) electrons. The van der Waals surface area contributed by atoms with Crippen LogP contribution in [0.1, 0.15) is 30.1 Å². The molecule has 2 fully saturated rings. The molecule has 0 bridgehead atoms. The number of hydrogen-bond donors (Lipinski definition) is 1. The summed E-state index contributed by atoms with van der Waals surface area (Å²) in [6, 6.07) is 12.3. The highest BCUT2D eigenvalue weighted by Crippen LogP contribution is 2.37. The molecule has 31 heavy (non-hydrogen) atoms. The molecule has 1 unspecified atom stereocenters. The van der Waals surface area contributed by atoms with E-state index in [0.29, 0.717) is 54.5 Å². The van der Waals surface area contributed by atoms with Gasteiger partial charge in [0.05, 0.1) is 0 Å². The molecule has 1 aliphatic heterocycles. The van der Waals surface area contributed by atoms with Crippen LogP contribution in [0.2, 0.25) is 5.02 Å². The maximum absolute atomic E-state index is 13.0. The number of halogens is 1. The molecule has 1 atom stereocenters. The monoisotopic (exact) mass is 439 g/mol. The van der Waals surface area contributed by atoms with E-state index in [9.17, 15) is 14.7 Å². The van der Waals surface area contributed by atoms with Crippen LogP contribution in [0, 0.1) is 0 Å². The lowest BCUT2D eigenvalue weighted by atomic mass is 10.1. The first-order chi connectivity index (χ1) is 14.8. The predicted octanol–water partition coefficient (Wildman–Crippen LogP) is 3.35. The Bertz CT molecular complexity index is 1170. The van der Waals surface area contributed by atoms with Gasteiger partial charge in [-0.15, -0.1) is 0 Å². The largest absolute Gasteiger partial charge is 0.436 e. The lowest BCUT2D eigenvalue weighted by Gasteiger charge is -2.40. The summed E-state index contributed by atoms with van der Waals surface area (Å²) in [6.07, 6.45) is 1.05. The van der Waals surface area contributed by atoms with E-state index in [2.05, 4.69) is 4.98 Å². The summed E-state index contributed by atoms with van der Waals surface area (Å²) in [5, 5.41) is 10.7. The number of oxazole rings is 1. The molecule has 2 amide bonds. The summed E-state index contributed by atoms with van der Waals surface area (Å²) in [7, 11) is 0. The number of piperazine rings is 1. The summed E-state index contributed by atoms with van der Waals surface area (Å²) < 4.78 is 5.78. The van der Waals surface area contributed by atoms with Crippen molar-refractivity contribution in [2.75, 3.05) is 19.6 Å². The van der Waals surface area contributed by atoms with E-state index in [4.69, 9.17) is 16.0 Å². The van der Waals surface area contributed by atoms with Gasteiger partial charge in [-0.25, -0.2) is 4.98 Å². The van der Waals surface area contributed by atoms with E-state index >= 15 is 0 Å². The Morgan fingerprint density at radius 2 is 1.90 bits per heavy atom. The average molecular weight is 440 g/mol. The zero-order valence-electron chi connectivity index (χ0n) is 17.0. The zero-order chi connectivity index (χ0) is 21.8. The molecule has 1 saturated carbocycles. The average Bonchev–Trinajstić information content (AvgIpc) is 3.38. The molecule has 1 aliphatic carbocycles. The summed E-state index contributed by atoms with van der Waals surface area (Å²) >= 11 is 6.00. The number of aliphatic hydroxyl groups is 1. The Balaban J connectivity index is 1.28. The van der Waals surface area contributed by atoms with E-state index in [1.807, 2.05) is 19.1 Å². The quantitative estimate of drug-likeness (QED) is 0.676. The van der Waals surface area contributed by atoms with E-state index < -0.39 is 5.60 Å². The van der Waals surface area contributed by atoms with Crippen molar-refractivity contribution >= 4 is 34.5 Å². The Morgan fingerprint density at radius 3 is 2.58 bits per heavy atom. The second-order valence-electron chi connectivity index (χ2n) is 8.34. The number of benzene rings is 2. The highest BCUT2D eigenvalue weighted by molar-refractivity contribution is 6.31. The Morgan fingerprint density at radius 1 is 1.16 bits per heavy atom. The van der Waals surface area contributed by atoms with E-state index in [1.54, 1.807) is 40.1 Å². The third-order valence-corrected chi connectivity index (χ3v) is 6.26. The Hall–Kier alpha value is -2.90. The predicted molar refractivity (Wildman–Crippen MR) is 116 cm³/mol. The molecule has 5 rings (SSSR count). The third-order valence-electron chi connectivity index (χ3n) is 6.03. The fourth-order valence-corrected chi connectivity index (χ4v) is 4.17. The van der Waals surface area contributed by atoms with Crippen LogP contribution in [0.25, 0.3) is 22.6 Å². The fourth-order valence-electron chi connectivity index (χ4n) is 4.00. The molecule has 2 aromatic carbocycles. The van der Waals surface area contributed by atoms with E-state index in [-0.39, 0.29) is 17.9 Å². The standard InChI is InChI=1S/C23H22ClN3O4/c1-14-13-26(10-11-27(14)22(29)23(30)8-9-23)21(28)16-4-2-15(3-5-16)20-25-18-7-6-17(24)12-19(18)31-20/h2-7,12,14,30H,8-11,13H2,1H3. The zero-order valence-corrected chi connectivity index (χ0v) is 17.8. The van der Waals surface area contributed by atoms with Crippen LogP contribution in [0.15, 0.2) is 46.9 Å². The van der Waals surface area contributed by atoms with Gasteiger partial charge in [0, 0.05) is 47.9 Å². The molecule has 0 spiro atoms. The van der Waals surface area contributed by atoms with Crippen LogP contribution in [-0.4, -0.2) is 63.0 Å². The smallest absolute Gasteiger partial charge is 0.254 e. The number of rotatable bonds is 3. The number of carbonyl (C=O) groups excluding carboxylic acids is 2. The topological polar surface area (TPSA) is 86.9 Å². The van der Waals surface area contributed by atoms with Gasteiger partial charge in [-0.3, -0.25) is 9.59 Å². The van der Waals surface area contributed by atoms with Gasteiger partial charge < -0.3 is 19.3 Å². The van der Waals surface area contributed by atoms with Crippen molar-refractivity contribution in [1.29, 1.82) is 0 Å². The van der Waals surface area contributed by atoms with Gasteiger partial charge in [-0.2, -0.15) is 0 Å². The first-order valence-corrected chi connectivity index (χ1v) is 10.7. The van der Waals surface area contributed by atoms with Gasteiger partial charge in [0.25, 0.3) is 11.8 Å². The Kier molecular flexibility index (Phi) is 4.75. The first kappa shape index (κ1) is 20.0. The number of hydrogen-bond acceptors (Lipinski definition) is 5. The van der Waals surface area contributed by atoms with Crippen molar-refractivity contribution in [2.24, 2.45) is 0 Å². The van der Waals surface area contributed by atoms with Gasteiger partial charge in [-0.1, -0.05) is 11.6 Å². The highest BCUT2D eigenvalue weighted by atomic mass is 35.5. The minimum Gasteiger partial charge on any atom is -0.436 e. The number of carbonyl (C=O) groups is 2. The normalized spacial score (nSPS) is 20.2. The van der Waals surface area contributed by atoms with Crippen molar-refractivity contribution in [1.82, 2.24) is 14.8 Å². The maximum Gasteiger partial charge on any atom is 0.254 e. The minimum absolute atomic E-state index is 0.0834. The molecule has 2 aliphatic rings. The summed E-state index contributed by atoms with van der Waals surface area (Å²) in [6.45, 7) is 3.22. The number of nitrogens with zero attached hydrogens (tertiary/aromatic N) is 3. The van der Waals surface area contributed by atoms with Gasteiger partial charge in [0.2, 0.25) is 5.89 Å². The number of fused-ring (bicyclic) bond motifs is 1. The molecular formula is C23H22ClN3O4. The second-order valence-corrected chi connectivity index (χ2v) is 8.78. The fraction of sp³-hybridized carbons (Fsp3) is 0.348. The van der Waals surface area contributed by atoms with Crippen molar-refractivity contribution in [3.63, 3.8) is 0 Å². The summed E-state index contributed by atoms with van der Waals surface area (Å²) in [4.78, 5) is 33.3. The first-order valence-electron chi connectivity index (χ1n) is 10.3. The molecule has 7 nitrogen and oxygen atoms in total. The van der Waals surface area contributed by atoms with E-state index in [0.717, 1.165) is 11.1 Å².